The summed E-state index contributed by atoms with van der Waals surface area (Å²) < 4.78 is 24.1. The van der Waals surface area contributed by atoms with Crippen molar-refractivity contribution in [2.45, 2.75) is 113 Å². The van der Waals surface area contributed by atoms with E-state index in [1.807, 2.05) is 303 Å². The zero-order valence-corrected chi connectivity index (χ0v) is 99.6. The van der Waals surface area contributed by atoms with E-state index >= 15 is 0 Å². The third-order valence-corrected chi connectivity index (χ3v) is 32.5. The normalized spacial score (nSPS) is 11.0. The van der Waals surface area contributed by atoms with Crippen molar-refractivity contribution >= 4 is 141 Å². The Morgan fingerprint density at radius 3 is 0.839 bits per heavy atom. The fraction of sp³-hybridized carbons (Fsp3) is 0.135. The van der Waals surface area contributed by atoms with Gasteiger partial charge in [-0.25, -0.2) is 9.97 Å². The Labute approximate surface area is 930 Å². The van der Waals surface area contributed by atoms with Crippen molar-refractivity contribution in [2.75, 3.05) is 0 Å². The van der Waals surface area contributed by atoms with Gasteiger partial charge >= 0.3 is 0 Å². The molecule has 0 amide bonds. The smallest absolute Gasteiger partial charge is 0.216 e. The zero-order chi connectivity index (χ0) is 101. The molecule has 24 rings (SSSR count). The van der Waals surface area contributed by atoms with Gasteiger partial charge in [-0.3, -0.25) is 0 Å². The molecule has 0 atom stereocenters. The van der Waals surface area contributed by atoms with Gasteiger partial charge in [0.05, 0.1) is 54.6 Å². The van der Waals surface area contributed by atoms with Crippen molar-refractivity contribution in [1.82, 2.24) is 54.8 Å². The van der Waals surface area contributed by atoms with Crippen LogP contribution in [0.2, 0.25) is 78.6 Å². The van der Waals surface area contributed by atoms with Crippen molar-refractivity contribution in [1.29, 1.82) is 0 Å². The van der Waals surface area contributed by atoms with E-state index in [0.29, 0.717) is 11.4 Å². The molecule has 24 aromatic rings. The standard InChI is InChI=1S/C20H19N2OSi.C20H18NOSi.2C19H17N2OSi.4C12H10N.4Ir/c1-13-8-10-16-15-6-5-7-17(19(15)23-20(16)22-13)18-11-9-14(12-21-18)24(2,3)4;1-23(2,3)14-11-12-18(21-13-14)17-9-6-8-16-15-7-4-5-10-19(15)22-20(16)17;1-23(2,3)13-9-10-17(21-12-13)16-7-4-6-14-15-8-5-11-20-19(15)22-18(14)16;1-23(2,3)13-8-9-17(21-10-13)16-12-20-11-15-14-6-4-5-7-18(14)22-19(15)16;4*1-10-7-8-12(13-9-10)11-5-3-2-4-6-11;;;;/h5-6,8-12H,1-4H3;4-8,10-13H,1-3H3;4-6,8-12H,1-3H3;4-11H,1-3H3;4*2-5,7-9H,1H3;;;;/q8*-1;;;;. The molecule has 0 spiro atoms. The summed E-state index contributed by atoms with van der Waals surface area (Å²) in [7, 11) is -5.38. The number of pyridine rings is 11. The van der Waals surface area contributed by atoms with Crippen LogP contribution in [-0.2, 0) is 80.4 Å². The molecule has 9 aromatic carbocycles. The molecule has 0 aliphatic carbocycles. The van der Waals surface area contributed by atoms with Gasteiger partial charge in [-0.15, -0.1) is 198 Å². The van der Waals surface area contributed by atoms with Gasteiger partial charge in [0.1, 0.15) is 11.2 Å². The van der Waals surface area contributed by atoms with Gasteiger partial charge in [0.2, 0.25) is 11.4 Å². The molecular weight excluding hydrogens is 2610 g/mol. The van der Waals surface area contributed by atoms with Gasteiger partial charge in [0, 0.05) is 163 Å². The average molecular weight is 2720 g/mol. The van der Waals surface area contributed by atoms with Crippen LogP contribution >= 0.6 is 0 Å². The van der Waals surface area contributed by atoms with E-state index in [2.05, 4.69) is 267 Å². The molecule has 0 unspecified atom stereocenters. The Morgan fingerprint density at radius 1 is 0.215 bits per heavy atom. The molecule has 0 aliphatic rings. The molecule has 0 N–H and O–H groups in total. The summed E-state index contributed by atoms with van der Waals surface area (Å²) in [6, 6.07) is 123. The maximum atomic E-state index is 6.07. The van der Waals surface area contributed by atoms with E-state index in [0.717, 1.165) is 172 Å². The Balaban J connectivity index is 0.000000143. The summed E-state index contributed by atoms with van der Waals surface area (Å²) in [5, 5.41) is 13.9. The van der Waals surface area contributed by atoms with Crippen LogP contribution in [0.5, 0.6) is 0 Å². The van der Waals surface area contributed by atoms with Gasteiger partial charge < -0.3 is 62.5 Å². The number of hydrogen-bond donors (Lipinski definition) is 0. The number of aryl methyl sites for hydroxylation is 5. The Kier molecular flexibility index (Phi) is 38.5. The summed E-state index contributed by atoms with van der Waals surface area (Å²) in [6.45, 7) is 38.0. The minimum Gasteiger partial charge on any atom is -0.501 e. The maximum Gasteiger partial charge on any atom is 0.216 e. The molecule has 149 heavy (non-hydrogen) atoms. The predicted octanol–water partition coefficient (Wildman–Crippen LogP) is 29.9. The number of aromatic nitrogens is 11. The van der Waals surface area contributed by atoms with Gasteiger partial charge in [-0.1, -0.05) is 250 Å². The van der Waals surface area contributed by atoms with Crippen molar-refractivity contribution in [3.63, 3.8) is 0 Å². The second kappa shape index (κ2) is 51.0. The van der Waals surface area contributed by atoms with Crippen LogP contribution in [-0.4, -0.2) is 87.1 Å². The summed E-state index contributed by atoms with van der Waals surface area (Å²) in [4.78, 5) is 49.0. The first-order valence-corrected chi connectivity index (χ1v) is 62.3. The van der Waals surface area contributed by atoms with Crippen LogP contribution in [0.3, 0.4) is 0 Å². The fourth-order valence-electron chi connectivity index (χ4n) is 16.0. The van der Waals surface area contributed by atoms with Crippen molar-refractivity contribution in [2.24, 2.45) is 0 Å². The van der Waals surface area contributed by atoms with Gasteiger partial charge in [-0.05, 0) is 177 Å². The number of rotatable bonds is 12. The first-order valence-electron chi connectivity index (χ1n) is 48.3. The van der Waals surface area contributed by atoms with Crippen molar-refractivity contribution < 1.29 is 98.1 Å². The molecule has 0 bridgehead atoms. The van der Waals surface area contributed by atoms with E-state index in [1.54, 1.807) is 12.4 Å². The number of benzene rings is 9. The molecule has 23 heteroatoms. The van der Waals surface area contributed by atoms with Gasteiger partial charge in [0.25, 0.3) is 0 Å². The van der Waals surface area contributed by atoms with Gasteiger partial charge in [0.15, 0.2) is 0 Å². The number of fused-ring (bicyclic) bond motifs is 12. The average Bonchev–Trinajstić information content (AvgIpc) is 1.62. The second-order valence-electron chi connectivity index (χ2n) is 39.6. The molecule has 15 nitrogen and oxygen atoms in total. The summed E-state index contributed by atoms with van der Waals surface area (Å²) >= 11 is 0. The van der Waals surface area contributed by atoms with E-state index in [9.17, 15) is 0 Å². The number of hydrogen-bond acceptors (Lipinski definition) is 15. The SMILES string of the molecule is C[Si](C)(C)c1ccc(-c2[c-]ccc3c2oc2ccccc23)nc1.C[Si](C)(C)c1ccc(-c2[c-]ccc3c2oc2ncccc23)nc1.C[Si](C)(C)c1ccc(-c2[c-]ncc3c2oc2ccccc23)nc1.Cc1ccc(-c2[c-]cccc2)nc1.Cc1ccc(-c2[c-]cccc2)nc1.Cc1ccc(-c2[c-]cccc2)nc1.Cc1ccc(-c2[c-]cccc2)nc1.Cc1ccc2c(n1)oc1c(-c3ccc([Si](C)(C)C)cn3)[c-]ccc12.[Ir].[Ir].[Ir].[Ir]. The van der Waals surface area contributed by atoms with Crippen LogP contribution in [0.4, 0.5) is 0 Å². The van der Waals surface area contributed by atoms with E-state index in [-0.39, 0.29) is 80.4 Å². The second-order valence-corrected chi connectivity index (χ2v) is 59.9. The summed E-state index contributed by atoms with van der Waals surface area (Å²) in [5.41, 5.74) is 27.2. The monoisotopic (exact) mass is 2730 g/mol. The molecule has 754 valence electrons. The largest absolute Gasteiger partial charge is 0.501 e. The van der Waals surface area contributed by atoms with Crippen molar-refractivity contribution in [3.8, 4) is 90.1 Å². The first-order chi connectivity index (χ1) is 70.0. The fourth-order valence-corrected chi connectivity index (χ4v) is 20.1. The Bertz CT molecular complexity index is 7750. The third-order valence-electron chi connectivity index (χ3n) is 24.3. The number of furan rings is 4. The molecule has 0 saturated carbocycles. The Hall–Kier alpha value is -13.7. The van der Waals surface area contributed by atoms with Crippen LogP contribution in [0, 0.1) is 83.3 Å². The minimum absolute atomic E-state index is 0. The molecule has 0 fully saturated rings. The number of nitrogens with zero attached hydrogens (tertiary/aromatic N) is 11. The topological polar surface area (TPSA) is 194 Å². The Morgan fingerprint density at radius 2 is 0.510 bits per heavy atom. The van der Waals surface area contributed by atoms with E-state index in [1.165, 1.54) is 43.0 Å². The molecule has 15 heterocycles. The quantitative estimate of drug-likeness (QED) is 0.0827. The molecule has 0 saturated heterocycles. The van der Waals surface area contributed by atoms with Crippen LogP contribution < -0.4 is 20.7 Å². The van der Waals surface area contributed by atoms with Crippen LogP contribution in [0.1, 0.15) is 27.9 Å². The zero-order valence-electron chi connectivity index (χ0n) is 86.0. The van der Waals surface area contributed by atoms with Crippen molar-refractivity contribution in [3.05, 3.63) is 442 Å². The molecule has 15 aromatic heterocycles. The van der Waals surface area contributed by atoms with Gasteiger partial charge in [-0.2, -0.15) is 0 Å². The van der Waals surface area contributed by atoms with E-state index < -0.39 is 32.3 Å². The molecular formula is C126H111Ir4N11O4Si4-8. The third kappa shape index (κ3) is 28.3. The maximum absolute atomic E-state index is 6.07. The summed E-state index contributed by atoms with van der Waals surface area (Å²) in [6.07, 6.45) is 22.1. The minimum atomic E-state index is -1.35. The van der Waals surface area contributed by atoms with Crippen LogP contribution in [0.25, 0.3) is 178 Å². The van der Waals surface area contributed by atoms with E-state index in [4.69, 9.17) is 17.7 Å². The predicted molar refractivity (Wildman–Crippen MR) is 606 cm³/mol. The van der Waals surface area contributed by atoms with Crippen LogP contribution in [0.15, 0.2) is 383 Å². The molecule has 4 radical (unpaired) electrons. The number of para-hydroxylation sites is 2. The molecule has 0 aliphatic heterocycles. The summed E-state index contributed by atoms with van der Waals surface area (Å²) in [5.74, 6) is 0. The first kappa shape index (κ1) is 112.